The maximum absolute atomic E-state index is 12.9. The monoisotopic (exact) mass is 714 g/mol. The number of aliphatic hydroxyl groups is 6. The lowest BCUT2D eigenvalue weighted by Gasteiger charge is -2.40. The van der Waals surface area contributed by atoms with Crippen LogP contribution in [0.4, 0.5) is 0 Å². The van der Waals surface area contributed by atoms with Crippen LogP contribution in [0.3, 0.4) is 0 Å². The van der Waals surface area contributed by atoms with Gasteiger partial charge in [0.1, 0.15) is 30.5 Å². The fourth-order valence-corrected chi connectivity index (χ4v) is 6.24. The van der Waals surface area contributed by atoms with Crippen molar-refractivity contribution >= 4 is 5.91 Å². The van der Waals surface area contributed by atoms with Crippen molar-refractivity contribution in [3.63, 3.8) is 0 Å². The molecule has 8 atom stereocenters. The Hall–Kier alpha value is -1.37. The zero-order valence-electron chi connectivity index (χ0n) is 31.5. The van der Waals surface area contributed by atoms with E-state index in [4.69, 9.17) is 9.47 Å². The van der Waals surface area contributed by atoms with E-state index in [0.717, 1.165) is 32.1 Å². The SMILES string of the molecule is CCCCCCCCC/C=C\CC/C=C/[C@@H](O)[C@H](CO[C@@H]1O[C@H](CO)[C@H](O)[C@H](O)[C@H]1O)NC(=O)[C@H](O)CCCCCCCCCCCCCC. The van der Waals surface area contributed by atoms with Gasteiger partial charge in [0.15, 0.2) is 6.29 Å². The molecule has 1 amide bonds. The van der Waals surface area contributed by atoms with E-state index in [1.807, 2.05) is 6.08 Å². The molecular weight excluding hydrogens is 638 g/mol. The summed E-state index contributed by atoms with van der Waals surface area (Å²) in [4.78, 5) is 12.9. The van der Waals surface area contributed by atoms with Crippen molar-refractivity contribution in [2.45, 2.75) is 210 Å². The molecule has 0 radical (unpaired) electrons. The number of amides is 1. The zero-order valence-corrected chi connectivity index (χ0v) is 31.5. The summed E-state index contributed by atoms with van der Waals surface area (Å²) in [6, 6.07) is -0.990. The van der Waals surface area contributed by atoms with Gasteiger partial charge in [0.2, 0.25) is 5.91 Å². The number of aliphatic hydroxyl groups excluding tert-OH is 6. The first kappa shape index (κ1) is 46.7. The van der Waals surface area contributed by atoms with Crippen LogP contribution in [-0.4, -0.2) is 98.7 Å². The molecule has 50 heavy (non-hydrogen) atoms. The minimum Gasteiger partial charge on any atom is -0.394 e. The lowest BCUT2D eigenvalue weighted by Crippen LogP contribution is -2.60. The molecule has 1 rings (SSSR count). The summed E-state index contributed by atoms with van der Waals surface area (Å²) in [7, 11) is 0. The van der Waals surface area contributed by atoms with Crippen molar-refractivity contribution in [2.75, 3.05) is 13.2 Å². The first-order valence-corrected chi connectivity index (χ1v) is 20.2. The number of nitrogens with one attached hydrogen (secondary N) is 1. The quantitative estimate of drug-likeness (QED) is 0.0320. The summed E-state index contributed by atoms with van der Waals surface area (Å²) in [6.07, 6.45) is 24.1. The molecule has 0 aliphatic carbocycles. The second-order valence-corrected chi connectivity index (χ2v) is 14.2. The van der Waals surface area contributed by atoms with E-state index >= 15 is 0 Å². The second-order valence-electron chi connectivity index (χ2n) is 14.2. The Morgan fingerprint density at radius 2 is 1.18 bits per heavy atom. The van der Waals surface area contributed by atoms with Crippen molar-refractivity contribution in [3.8, 4) is 0 Å². The first-order valence-electron chi connectivity index (χ1n) is 20.2. The maximum atomic E-state index is 12.9. The lowest BCUT2D eigenvalue weighted by atomic mass is 9.99. The topological polar surface area (TPSA) is 169 Å². The minimum atomic E-state index is -1.61. The van der Waals surface area contributed by atoms with Crippen molar-refractivity contribution in [1.29, 1.82) is 0 Å². The highest BCUT2D eigenvalue weighted by Gasteiger charge is 2.44. The van der Waals surface area contributed by atoms with Crippen LogP contribution in [0, 0.1) is 0 Å². The van der Waals surface area contributed by atoms with E-state index in [0.29, 0.717) is 19.3 Å². The number of unbranched alkanes of at least 4 members (excludes halogenated alkanes) is 19. The number of hydrogen-bond donors (Lipinski definition) is 7. The smallest absolute Gasteiger partial charge is 0.249 e. The third-order valence-corrected chi connectivity index (χ3v) is 9.64. The second kappa shape index (κ2) is 31.2. The third-order valence-electron chi connectivity index (χ3n) is 9.64. The van der Waals surface area contributed by atoms with E-state index in [2.05, 4.69) is 31.3 Å². The minimum absolute atomic E-state index is 0.306. The first-order chi connectivity index (χ1) is 24.3. The Morgan fingerprint density at radius 3 is 1.74 bits per heavy atom. The van der Waals surface area contributed by atoms with Gasteiger partial charge in [-0.2, -0.15) is 0 Å². The highest BCUT2D eigenvalue weighted by molar-refractivity contribution is 5.80. The molecule has 0 spiro atoms. The van der Waals surface area contributed by atoms with E-state index in [9.17, 15) is 35.4 Å². The molecule has 0 aromatic heterocycles. The van der Waals surface area contributed by atoms with E-state index in [1.54, 1.807) is 6.08 Å². The highest BCUT2D eigenvalue weighted by Crippen LogP contribution is 2.22. The molecule has 7 N–H and O–H groups in total. The summed E-state index contributed by atoms with van der Waals surface area (Å²) < 4.78 is 11.1. The van der Waals surface area contributed by atoms with E-state index < -0.39 is 61.5 Å². The van der Waals surface area contributed by atoms with Crippen LogP contribution in [0.5, 0.6) is 0 Å². The van der Waals surface area contributed by atoms with Crippen LogP contribution in [0.2, 0.25) is 0 Å². The largest absolute Gasteiger partial charge is 0.394 e. The number of rotatable bonds is 32. The van der Waals surface area contributed by atoms with Gasteiger partial charge in [0.25, 0.3) is 0 Å². The summed E-state index contributed by atoms with van der Waals surface area (Å²) in [5.74, 6) is -0.628. The Morgan fingerprint density at radius 1 is 0.680 bits per heavy atom. The molecular formula is C40H75NO9. The van der Waals surface area contributed by atoms with Gasteiger partial charge < -0.3 is 45.4 Å². The normalized spacial score (nSPS) is 23.1. The van der Waals surface area contributed by atoms with Crippen LogP contribution in [0.1, 0.15) is 162 Å². The molecule has 1 aliphatic rings. The third kappa shape index (κ3) is 21.9. The molecule has 0 bridgehead atoms. The molecule has 0 aromatic carbocycles. The average Bonchev–Trinajstić information content (AvgIpc) is 3.11. The Labute approximate surface area is 303 Å². The van der Waals surface area contributed by atoms with Crippen LogP contribution < -0.4 is 5.32 Å². The molecule has 10 nitrogen and oxygen atoms in total. The Balaban J connectivity index is 2.54. The van der Waals surface area contributed by atoms with Crippen molar-refractivity contribution in [3.05, 3.63) is 24.3 Å². The van der Waals surface area contributed by atoms with Crippen LogP contribution in [-0.2, 0) is 14.3 Å². The molecule has 0 unspecified atom stereocenters. The molecule has 294 valence electrons. The number of allylic oxidation sites excluding steroid dienone is 3. The van der Waals surface area contributed by atoms with E-state index in [1.165, 1.54) is 96.3 Å². The molecule has 1 aliphatic heterocycles. The molecule has 1 saturated heterocycles. The van der Waals surface area contributed by atoms with Crippen molar-refractivity contribution in [1.82, 2.24) is 5.32 Å². The van der Waals surface area contributed by atoms with Gasteiger partial charge >= 0.3 is 0 Å². The number of hydrogen-bond acceptors (Lipinski definition) is 9. The fourth-order valence-electron chi connectivity index (χ4n) is 6.24. The van der Waals surface area contributed by atoms with Crippen LogP contribution in [0.15, 0.2) is 24.3 Å². The van der Waals surface area contributed by atoms with Gasteiger partial charge in [-0.1, -0.05) is 154 Å². The number of ether oxygens (including phenoxy) is 2. The predicted molar refractivity (Wildman–Crippen MR) is 199 cm³/mol. The molecule has 1 heterocycles. The number of carbonyl (C=O) groups is 1. The average molecular weight is 714 g/mol. The molecule has 0 aromatic rings. The standard InChI is InChI=1S/C40H75NO9/c1-3-5-7-9-11-13-15-17-19-20-22-24-26-28-33(43)32(31-49-40-38(47)37(46)36(45)35(30-42)50-40)41-39(48)34(44)29-27-25-23-21-18-16-14-12-10-8-6-4-2/h19-20,26,28,32-38,40,42-47H,3-18,21-25,27,29-31H2,1-2H3,(H,41,48)/b20-19-,28-26+/t32-,33+,34+,35+,36-,37-,38+,40+/m0/s1. The number of carbonyl (C=O) groups excluding carboxylic acids is 1. The summed E-state index contributed by atoms with van der Waals surface area (Å²) in [6.45, 7) is 3.54. The zero-order chi connectivity index (χ0) is 36.8. The fraction of sp³-hybridized carbons (Fsp3) is 0.875. The van der Waals surface area contributed by atoms with Gasteiger partial charge in [0, 0.05) is 0 Å². The highest BCUT2D eigenvalue weighted by atomic mass is 16.7. The van der Waals surface area contributed by atoms with Gasteiger partial charge in [-0.05, 0) is 32.1 Å². The van der Waals surface area contributed by atoms with Gasteiger partial charge in [-0.3, -0.25) is 4.79 Å². The van der Waals surface area contributed by atoms with Crippen molar-refractivity contribution in [2.24, 2.45) is 0 Å². The van der Waals surface area contributed by atoms with Crippen LogP contribution >= 0.6 is 0 Å². The summed E-state index contributed by atoms with van der Waals surface area (Å²) in [5, 5.41) is 64.3. The van der Waals surface area contributed by atoms with Crippen molar-refractivity contribution < 1.29 is 44.9 Å². The summed E-state index contributed by atoms with van der Waals surface area (Å²) in [5.41, 5.74) is 0. The molecule has 10 heteroatoms. The molecule has 0 saturated carbocycles. The Bertz CT molecular complexity index is 855. The summed E-state index contributed by atoms with van der Waals surface area (Å²) >= 11 is 0. The van der Waals surface area contributed by atoms with Gasteiger partial charge in [-0.15, -0.1) is 0 Å². The van der Waals surface area contributed by atoms with Crippen LogP contribution in [0.25, 0.3) is 0 Å². The van der Waals surface area contributed by atoms with Gasteiger partial charge in [0.05, 0.1) is 25.4 Å². The van der Waals surface area contributed by atoms with Gasteiger partial charge in [-0.25, -0.2) is 0 Å². The molecule has 1 fully saturated rings. The lowest BCUT2D eigenvalue weighted by molar-refractivity contribution is -0.302. The maximum Gasteiger partial charge on any atom is 0.249 e. The Kier molecular flexibility index (Phi) is 29.1. The predicted octanol–water partition coefficient (Wildman–Crippen LogP) is 6.13. The van der Waals surface area contributed by atoms with E-state index in [-0.39, 0.29) is 6.61 Å².